The van der Waals surface area contributed by atoms with Crippen LogP contribution >= 0.6 is 0 Å². The Labute approximate surface area is 229 Å². The first kappa shape index (κ1) is 23.4. The van der Waals surface area contributed by atoms with Crippen LogP contribution < -0.4 is 0 Å². The van der Waals surface area contributed by atoms with Crippen molar-refractivity contribution >= 4 is 11.6 Å². The molecule has 4 aliphatic carbocycles. The van der Waals surface area contributed by atoms with Gasteiger partial charge in [-0.05, 0) is 62.3 Å². The van der Waals surface area contributed by atoms with Crippen LogP contribution in [0.4, 0.5) is 0 Å². The molecule has 5 fully saturated rings. The van der Waals surface area contributed by atoms with Crippen LogP contribution in [0.1, 0.15) is 49.0 Å². The maximum Gasteiger partial charge on any atom is 0.274 e. The van der Waals surface area contributed by atoms with Crippen LogP contribution in [-0.2, 0) is 0 Å². The van der Waals surface area contributed by atoms with Crippen molar-refractivity contribution in [1.29, 1.82) is 0 Å². The summed E-state index contributed by atoms with van der Waals surface area (Å²) in [6.45, 7) is 3.53. The highest BCUT2D eigenvalue weighted by atomic mass is 16.2. The number of rotatable bonds is 4. The summed E-state index contributed by atoms with van der Waals surface area (Å²) in [5.41, 5.74) is 5.50. The van der Waals surface area contributed by atoms with Gasteiger partial charge in [0.05, 0.1) is 11.4 Å². The molecule has 1 saturated heterocycles. The Morgan fingerprint density at radius 1 is 0.744 bits per heavy atom. The Kier molecular flexibility index (Phi) is 5.41. The minimum Gasteiger partial charge on any atom is -0.335 e. The van der Waals surface area contributed by atoms with E-state index in [0.717, 1.165) is 66.4 Å². The molecule has 1 amide bonds. The minimum atomic E-state index is 0.0194. The van der Waals surface area contributed by atoms with Gasteiger partial charge >= 0.3 is 0 Å². The summed E-state index contributed by atoms with van der Waals surface area (Å²) in [7, 11) is 0. The van der Waals surface area contributed by atoms with Gasteiger partial charge in [0.1, 0.15) is 0 Å². The first-order chi connectivity index (χ1) is 19.1. The maximum absolute atomic E-state index is 13.7. The van der Waals surface area contributed by atoms with Gasteiger partial charge in [-0.15, -0.1) is 0 Å². The number of piperazine rings is 1. The second-order valence-corrected chi connectivity index (χ2v) is 12.5. The third-order valence-corrected chi connectivity index (χ3v) is 10.0. The lowest BCUT2D eigenvalue weighted by Crippen LogP contribution is -2.64. The van der Waals surface area contributed by atoms with E-state index in [9.17, 15) is 4.79 Å². The number of nitrogens with zero attached hydrogens (tertiary/aromatic N) is 5. The topological polar surface area (TPSA) is 53.7 Å². The fraction of sp³-hybridized carbons (Fsp3) is 0.424. The molecule has 9 rings (SSSR count). The Morgan fingerprint density at radius 2 is 1.33 bits per heavy atom. The molecular weight excluding hydrogens is 482 g/mol. The number of carbonyl (C=O) groups is 1. The second kappa shape index (κ2) is 9.02. The molecule has 0 unspecified atom stereocenters. The molecule has 6 nitrogen and oxygen atoms in total. The summed E-state index contributed by atoms with van der Waals surface area (Å²) >= 11 is 0. The quantitative estimate of drug-likeness (QED) is 0.344. The van der Waals surface area contributed by atoms with Gasteiger partial charge < -0.3 is 4.90 Å². The lowest BCUT2D eigenvalue weighted by molar-refractivity contribution is -0.0987. The molecule has 39 heavy (non-hydrogen) atoms. The van der Waals surface area contributed by atoms with E-state index < -0.39 is 0 Å². The summed E-state index contributed by atoms with van der Waals surface area (Å²) in [6, 6.07) is 24.4. The van der Waals surface area contributed by atoms with Gasteiger partial charge in [-0.1, -0.05) is 60.7 Å². The molecule has 3 heterocycles. The van der Waals surface area contributed by atoms with E-state index in [4.69, 9.17) is 10.1 Å². The smallest absolute Gasteiger partial charge is 0.274 e. The van der Waals surface area contributed by atoms with E-state index in [1.54, 1.807) is 0 Å². The molecule has 5 aliphatic rings. The van der Waals surface area contributed by atoms with Crippen LogP contribution in [-0.4, -0.2) is 62.0 Å². The Hall–Kier alpha value is -3.51. The molecule has 1 aliphatic heterocycles. The van der Waals surface area contributed by atoms with Crippen LogP contribution in [0.5, 0.6) is 0 Å². The zero-order valence-corrected chi connectivity index (χ0v) is 22.4. The number of fused-ring (bicyclic) bond motifs is 1. The lowest BCUT2D eigenvalue weighted by Gasteiger charge is -2.61. The first-order valence-corrected chi connectivity index (χ1v) is 14.7. The average molecular weight is 518 g/mol. The van der Waals surface area contributed by atoms with Gasteiger partial charge in [0.25, 0.3) is 5.91 Å². The molecule has 2 aromatic heterocycles. The van der Waals surface area contributed by atoms with Gasteiger partial charge in [-0.3, -0.25) is 9.69 Å². The predicted octanol–water partition coefficient (Wildman–Crippen LogP) is 5.79. The van der Waals surface area contributed by atoms with Crippen molar-refractivity contribution in [2.75, 3.05) is 26.2 Å². The van der Waals surface area contributed by atoms with Crippen LogP contribution in [0, 0.1) is 17.8 Å². The number of aromatic nitrogens is 3. The van der Waals surface area contributed by atoms with E-state index in [1.807, 2.05) is 51.9 Å². The molecule has 4 saturated carbocycles. The predicted molar refractivity (Wildman–Crippen MR) is 152 cm³/mol. The van der Waals surface area contributed by atoms with Crippen molar-refractivity contribution in [3.63, 3.8) is 0 Å². The van der Waals surface area contributed by atoms with E-state index in [2.05, 4.69) is 35.2 Å². The molecule has 4 aromatic rings. The summed E-state index contributed by atoms with van der Waals surface area (Å²) in [6.07, 6.45) is 8.56. The third-order valence-electron chi connectivity index (χ3n) is 10.0. The van der Waals surface area contributed by atoms with Gasteiger partial charge in [0, 0.05) is 48.9 Å². The second-order valence-electron chi connectivity index (χ2n) is 12.5. The number of hydrogen-bond acceptors (Lipinski definition) is 4. The van der Waals surface area contributed by atoms with Crippen LogP contribution in [0.15, 0.2) is 72.8 Å². The lowest BCUT2D eigenvalue weighted by atomic mass is 9.52. The number of amides is 1. The van der Waals surface area contributed by atoms with Gasteiger partial charge in [0.2, 0.25) is 0 Å². The maximum atomic E-state index is 13.7. The normalized spacial score (nSPS) is 28.3. The van der Waals surface area contributed by atoms with Crippen LogP contribution in [0.3, 0.4) is 0 Å². The highest BCUT2D eigenvalue weighted by molar-refractivity contribution is 5.93. The molecule has 0 atom stereocenters. The van der Waals surface area contributed by atoms with Crippen molar-refractivity contribution in [3.8, 4) is 22.5 Å². The number of hydrogen-bond donors (Lipinski definition) is 0. The molecule has 198 valence electrons. The fourth-order valence-electron chi connectivity index (χ4n) is 8.65. The first-order valence-electron chi connectivity index (χ1n) is 14.7. The van der Waals surface area contributed by atoms with Crippen molar-refractivity contribution in [3.05, 3.63) is 78.5 Å². The van der Waals surface area contributed by atoms with E-state index >= 15 is 0 Å². The molecule has 0 spiro atoms. The largest absolute Gasteiger partial charge is 0.335 e. The summed E-state index contributed by atoms with van der Waals surface area (Å²) < 4.78 is 1.83. The monoisotopic (exact) mass is 517 g/mol. The highest BCUT2D eigenvalue weighted by Gasteiger charge is 2.53. The zero-order valence-electron chi connectivity index (χ0n) is 22.4. The molecule has 4 bridgehead atoms. The number of carbonyl (C=O) groups excluding carboxylic acids is 1. The summed E-state index contributed by atoms with van der Waals surface area (Å²) in [5, 5.41) is 4.82. The third kappa shape index (κ3) is 3.99. The molecule has 0 N–H and O–H groups in total. The van der Waals surface area contributed by atoms with Gasteiger partial charge in [0.15, 0.2) is 11.3 Å². The van der Waals surface area contributed by atoms with E-state index in [1.165, 1.54) is 38.5 Å². The molecule has 6 heteroatoms. The van der Waals surface area contributed by atoms with Crippen molar-refractivity contribution in [2.45, 2.75) is 44.1 Å². The summed E-state index contributed by atoms with van der Waals surface area (Å²) in [5.74, 6) is 2.86. The molecular formula is C33H35N5O. The van der Waals surface area contributed by atoms with Gasteiger partial charge in [-0.25, -0.2) is 9.50 Å². The van der Waals surface area contributed by atoms with Crippen molar-refractivity contribution in [1.82, 2.24) is 24.4 Å². The minimum absolute atomic E-state index is 0.0194. The molecule has 2 aromatic carbocycles. The Bertz CT molecular complexity index is 1480. The van der Waals surface area contributed by atoms with E-state index in [-0.39, 0.29) is 5.91 Å². The van der Waals surface area contributed by atoms with Crippen molar-refractivity contribution in [2.24, 2.45) is 17.8 Å². The average Bonchev–Trinajstić information content (AvgIpc) is 3.41. The van der Waals surface area contributed by atoms with Crippen molar-refractivity contribution < 1.29 is 4.79 Å². The Balaban J connectivity index is 1.07. The Morgan fingerprint density at radius 3 is 1.95 bits per heavy atom. The standard InChI is InChI=1S/C33H35N5O/c39-32(36-11-13-37(14-12-36)33-20-23-15-24(21-33)17-25(16-23)22-33)29-19-31-34-28(26-7-3-1-4-8-26)18-30(38(31)35-29)27-9-5-2-6-10-27/h1-10,18-19,23-25H,11-17,20-22H2. The molecule has 0 radical (unpaired) electrons. The summed E-state index contributed by atoms with van der Waals surface area (Å²) in [4.78, 5) is 23.4. The zero-order chi connectivity index (χ0) is 26.0. The van der Waals surface area contributed by atoms with E-state index in [0.29, 0.717) is 16.9 Å². The highest BCUT2D eigenvalue weighted by Crippen LogP contribution is 2.57. The number of benzene rings is 2. The fourth-order valence-corrected chi connectivity index (χ4v) is 8.65. The van der Waals surface area contributed by atoms with Crippen LogP contribution in [0.25, 0.3) is 28.2 Å². The SMILES string of the molecule is O=C(c1cc2nc(-c3ccccc3)cc(-c3ccccc3)n2n1)N1CCN(C23CC4CC(CC(C4)C2)C3)CC1. The van der Waals surface area contributed by atoms with Gasteiger partial charge in [-0.2, -0.15) is 5.10 Å². The van der Waals surface area contributed by atoms with Crippen LogP contribution in [0.2, 0.25) is 0 Å².